The van der Waals surface area contributed by atoms with Crippen LogP contribution in [-0.4, -0.2) is 39.0 Å². The zero-order chi connectivity index (χ0) is 26.5. The molecule has 0 N–H and O–H groups in total. The summed E-state index contributed by atoms with van der Waals surface area (Å²) in [7, 11) is 1.41. The average Bonchev–Trinajstić information content (AvgIpc) is 3.33. The third-order valence-corrected chi connectivity index (χ3v) is 7.06. The number of rotatable bonds is 9. The van der Waals surface area contributed by atoms with Gasteiger partial charge >= 0.3 is 5.97 Å². The van der Waals surface area contributed by atoms with Gasteiger partial charge in [-0.25, -0.2) is 0 Å². The third kappa shape index (κ3) is 6.03. The summed E-state index contributed by atoms with van der Waals surface area (Å²) in [4.78, 5) is 11.7. The van der Waals surface area contributed by atoms with E-state index in [1.807, 2.05) is 24.3 Å². The topological polar surface area (TPSA) is 63.2 Å². The Morgan fingerprint density at radius 2 is 1.82 bits per heavy atom. The maximum absolute atomic E-state index is 11.7. The van der Waals surface area contributed by atoms with Crippen LogP contribution in [0.3, 0.4) is 0 Å². The van der Waals surface area contributed by atoms with E-state index in [1.165, 1.54) is 23.8 Å². The summed E-state index contributed by atoms with van der Waals surface area (Å²) < 4.78 is 28.5. The Bertz CT molecular complexity index is 1300. The largest absolute Gasteiger partial charge is 0.492 e. The van der Waals surface area contributed by atoms with E-state index < -0.39 is 0 Å². The minimum atomic E-state index is -0.231. The van der Waals surface area contributed by atoms with E-state index in [0.717, 1.165) is 40.4 Å². The van der Waals surface area contributed by atoms with Crippen LogP contribution in [0.25, 0.3) is 11.1 Å². The van der Waals surface area contributed by atoms with Crippen LogP contribution < -0.4 is 14.2 Å². The molecule has 38 heavy (non-hydrogen) atoms. The first kappa shape index (κ1) is 25.9. The number of carbonyl (C=O) groups is 1. The fourth-order valence-electron chi connectivity index (χ4n) is 5.13. The summed E-state index contributed by atoms with van der Waals surface area (Å²) in [5, 5.41) is 0. The van der Waals surface area contributed by atoms with Crippen LogP contribution in [0, 0.1) is 13.8 Å². The number of hydrogen-bond acceptors (Lipinski definition) is 6. The van der Waals surface area contributed by atoms with Crippen molar-refractivity contribution in [1.29, 1.82) is 0 Å². The van der Waals surface area contributed by atoms with Gasteiger partial charge in [0.25, 0.3) is 0 Å². The summed E-state index contributed by atoms with van der Waals surface area (Å²) in [5.41, 5.74) is 6.79. The molecular weight excluding hydrogens is 480 g/mol. The highest BCUT2D eigenvalue weighted by atomic mass is 16.5. The lowest BCUT2D eigenvalue weighted by Gasteiger charge is -2.20. The highest BCUT2D eigenvalue weighted by molar-refractivity contribution is 5.72. The zero-order valence-corrected chi connectivity index (χ0v) is 22.2. The quantitative estimate of drug-likeness (QED) is 0.246. The molecule has 6 nitrogen and oxygen atoms in total. The van der Waals surface area contributed by atoms with Crippen molar-refractivity contribution in [3.8, 4) is 28.4 Å². The van der Waals surface area contributed by atoms with Crippen LogP contribution in [0.2, 0.25) is 0 Å². The van der Waals surface area contributed by atoms with Crippen molar-refractivity contribution in [2.45, 2.75) is 45.3 Å². The van der Waals surface area contributed by atoms with Crippen LogP contribution in [0.15, 0.2) is 66.7 Å². The molecule has 0 fully saturated rings. The molecule has 0 radical (unpaired) electrons. The summed E-state index contributed by atoms with van der Waals surface area (Å²) in [5.74, 6) is 2.16. The maximum Gasteiger partial charge on any atom is 0.306 e. The number of fused-ring (bicyclic) bond motifs is 1. The smallest absolute Gasteiger partial charge is 0.306 e. The molecule has 0 aromatic heterocycles. The lowest BCUT2D eigenvalue weighted by Crippen LogP contribution is -2.23. The molecule has 3 aromatic rings. The van der Waals surface area contributed by atoms with Crippen molar-refractivity contribution >= 4 is 5.97 Å². The number of carbonyl (C=O) groups excluding carboxylic acids is 1. The highest BCUT2D eigenvalue weighted by Crippen LogP contribution is 2.39. The van der Waals surface area contributed by atoms with Gasteiger partial charge in [0.05, 0.1) is 32.8 Å². The number of benzene rings is 3. The predicted octanol–water partition coefficient (Wildman–Crippen LogP) is 6.31. The molecule has 5 rings (SSSR count). The normalized spacial score (nSPS) is 18.0. The fraction of sp³-hybridized carbons (Fsp3) is 0.344. The van der Waals surface area contributed by atoms with E-state index in [9.17, 15) is 4.79 Å². The van der Waals surface area contributed by atoms with Gasteiger partial charge in [0, 0.05) is 17.5 Å². The Kier molecular flexibility index (Phi) is 7.99. The second-order valence-corrected chi connectivity index (χ2v) is 9.88. The molecule has 0 saturated heterocycles. The van der Waals surface area contributed by atoms with Crippen LogP contribution in [-0.2, 0) is 20.9 Å². The van der Waals surface area contributed by atoms with Gasteiger partial charge in [0.2, 0.25) is 0 Å². The first-order valence-corrected chi connectivity index (χ1v) is 13.1. The van der Waals surface area contributed by atoms with Crippen LogP contribution in [0.5, 0.6) is 17.2 Å². The van der Waals surface area contributed by atoms with Gasteiger partial charge in [-0.3, -0.25) is 4.79 Å². The van der Waals surface area contributed by atoms with Crippen molar-refractivity contribution in [2.75, 3.05) is 26.9 Å². The van der Waals surface area contributed by atoms with Gasteiger partial charge < -0.3 is 23.7 Å². The molecule has 0 amide bonds. The van der Waals surface area contributed by atoms with Crippen molar-refractivity contribution < 1.29 is 28.5 Å². The van der Waals surface area contributed by atoms with Gasteiger partial charge in [-0.15, -0.1) is 0 Å². The third-order valence-electron chi connectivity index (χ3n) is 7.06. The Labute approximate surface area is 224 Å². The predicted molar refractivity (Wildman–Crippen MR) is 146 cm³/mol. The summed E-state index contributed by atoms with van der Waals surface area (Å²) >= 11 is 0. The summed E-state index contributed by atoms with van der Waals surface area (Å²) in [6.07, 6.45) is 5.50. The molecule has 2 atom stereocenters. The minimum Gasteiger partial charge on any atom is -0.492 e. The average molecular weight is 515 g/mol. The van der Waals surface area contributed by atoms with E-state index in [-0.39, 0.29) is 18.0 Å². The van der Waals surface area contributed by atoms with E-state index in [4.69, 9.17) is 23.7 Å². The number of aryl methyl sites for hydroxylation is 2. The molecule has 6 heteroatoms. The summed E-state index contributed by atoms with van der Waals surface area (Å²) in [6, 6.07) is 18.5. The van der Waals surface area contributed by atoms with E-state index >= 15 is 0 Å². The van der Waals surface area contributed by atoms with Crippen molar-refractivity contribution in [2.24, 2.45) is 0 Å². The first-order valence-electron chi connectivity index (χ1n) is 13.1. The second kappa shape index (κ2) is 11.7. The lowest BCUT2D eigenvalue weighted by molar-refractivity contribution is -0.141. The minimum absolute atomic E-state index is 0.0178. The fourth-order valence-corrected chi connectivity index (χ4v) is 5.13. The molecular formula is C32H34O6. The molecule has 1 unspecified atom stereocenters. The van der Waals surface area contributed by atoms with Gasteiger partial charge in [0.15, 0.2) is 0 Å². The molecule has 2 aliphatic heterocycles. The van der Waals surface area contributed by atoms with E-state index in [0.29, 0.717) is 32.8 Å². The van der Waals surface area contributed by atoms with Gasteiger partial charge in [0.1, 0.15) is 30.5 Å². The van der Waals surface area contributed by atoms with Crippen LogP contribution in [0.4, 0.5) is 0 Å². The Morgan fingerprint density at radius 3 is 2.58 bits per heavy atom. The van der Waals surface area contributed by atoms with Crippen LogP contribution >= 0.6 is 0 Å². The van der Waals surface area contributed by atoms with E-state index in [1.54, 1.807) is 0 Å². The zero-order valence-electron chi connectivity index (χ0n) is 22.2. The molecule has 0 bridgehead atoms. The Hall–Kier alpha value is -3.77. The molecule has 0 aliphatic carbocycles. The maximum atomic E-state index is 11.7. The first-order chi connectivity index (χ1) is 18.5. The van der Waals surface area contributed by atoms with Crippen molar-refractivity contribution in [1.82, 2.24) is 0 Å². The van der Waals surface area contributed by atoms with Crippen molar-refractivity contribution in [3.63, 3.8) is 0 Å². The molecule has 198 valence electrons. The Morgan fingerprint density at radius 1 is 0.974 bits per heavy atom. The van der Waals surface area contributed by atoms with Gasteiger partial charge in [-0.1, -0.05) is 36.4 Å². The SMILES string of the molecule is COC(=O)CC1COc2cc(OCc3cccc(-c4c(C)cc(OC[C@H]5CC=CCO5)cc4C)c3)ccc21. The standard InChI is InChI=1S/C32H34O6/c1-21-13-28(37-20-27-9-4-5-12-35-27)14-22(2)32(21)24-8-6-7-23(15-24)18-36-26-10-11-29-25(16-31(33)34-3)19-38-30(29)17-26/h4-8,10-11,13-15,17,25,27H,9,12,16,18-20H2,1-3H3/t25?,27-/m1/s1. The summed E-state index contributed by atoms with van der Waals surface area (Å²) in [6.45, 7) is 6.36. The number of methoxy groups -OCH3 is 1. The Balaban J connectivity index is 1.24. The monoisotopic (exact) mass is 514 g/mol. The molecule has 3 aromatic carbocycles. The second-order valence-electron chi connectivity index (χ2n) is 9.88. The number of hydrogen-bond donors (Lipinski definition) is 0. The molecule has 0 spiro atoms. The van der Waals surface area contributed by atoms with Gasteiger partial charge in [-0.05, 0) is 72.4 Å². The number of esters is 1. The lowest BCUT2D eigenvalue weighted by atomic mass is 9.94. The number of ether oxygens (including phenoxy) is 5. The highest BCUT2D eigenvalue weighted by Gasteiger charge is 2.27. The van der Waals surface area contributed by atoms with Crippen molar-refractivity contribution in [3.05, 3.63) is 89.0 Å². The van der Waals surface area contributed by atoms with Gasteiger partial charge in [-0.2, -0.15) is 0 Å². The molecule has 2 heterocycles. The van der Waals surface area contributed by atoms with E-state index in [2.05, 4.69) is 56.3 Å². The molecule has 0 saturated carbocycles. The molecule has 2 aliphatic rings. The van der Waals surface area contributed by atoms with Crippen LogP contribution in [0.1, 0.15) is 41.0 Å².